The lowest BCUT2D eigenvalue weighted by atomic mass is 10.2. The van der Waals surface area contributed by atoms with Crippen LogP contribution in [0.2, 0.25) is 0 Å². The molecular formula is C14H15NO4. The van der Waals surface area contributed by atoms with Crippen molar-refractivity contribution >= 4 is 22.7 Å². The number of carbonyl (C=O) groups excluding carboxylic acids is 2. The van der Waals surface area contributed by atoms with E-state index < -0.39 is 11.8 Å². The van der Waals surface area contributed by atoms with Gasteiger partial charge in [0, 0.05) is 18.0 Å². The minimum atomic E-state index is -0.833. The summed E-state index contributed by atoms with van der Waals surface area (Å²) in [4.78, 5) is 23.4. The predicted molar refractivity (Wildman–Crippen MR) is 70.4 cm³/mol. The summed E-state index contributed by atoms with van der Waals surface area (Å²) in [6.07, 6.45) is 0. The molecule has 5 heteroatoms. The lowest BCUT2D eigenvalue weighted by Crippen LogP contribution is -2.19. The van der Waals surface area contributed by atoms with Crippen LogP contribution >= 0.6 is 0 Å². The van der Waals surface area contributed by atoms with Gasteiger partial charge in [-0.25, -0.2) is 4.79 Å². The van der Waals surface area contributed by atoms with Gasteiger partial charge in [0.1, 0.15) is 5.75 Å². The van der Waals surface area contributed by atoms with Gasteiger partial charge >= 0.3 is 5.97 Å². The van der Waals surface area contributed by atoms with E-state index in [-0.39, 0.29) is 6.61 Å². The minimum absolute atomic E-state index is 0.183. The van der Waals surface area contributed by atoms with Crippen LogP contribution in [0.5, 0.6) is 5.75 Å². The average molecular weight is 261 g/mol. The van der Waals surface area contributed by atoms with Crippen LogP contribution in [0.15, 0.2) is 24.3 Å². The molecule has 0 aliphatic heterocycles. The van der Waals surface area contributed by atoms with E-state index in [0.717, 1.165) is 10.9 Å². The van der Waals surface area contributed by atoms with Crippen molar-refractivity contribution in [3.05, 3.63) is 30.0 Å². The maximum Gasteiger partial charge on any atom is 0.381 e. The summed E-state index contributed by atoms with van der Waals surface area (Å²) < 4.78 is 11.5. The smallest absolute Gasteiger partial charge is 0.381 e. The number of aromatic nitrogens is 1. The molecule has 0 bridgehead atoms. The maximum absolute atomic E-state index is 12.0. The topological polar surface area (TPSA) is 57.5 Å². The van der Waals surface area contributed by atoms with Crippen molar-refractivity contribution in [2.24, 2.45) is 7.05 Å². The van der Waals surface area contributed by atoms with Gasteiger partial charge in [0.05, 0.1) is 19.4 Å². The van der Waals surface area contributed by atoms with E-state index >= 15 is 0 Å². The molecule has 1 aromatic carbocycles. The Morgan fingerprint density at radius 3 is 2.63 bits per heavy atom. The number of rotatable bonds is 4. The number of esters is 1. The highest BCUT2D eigenvalue weighted by molar-refractivity contribution is 6.40. The lowest BCUT2D eigenvalue weighted by Gasteiger charge is -2.03. The Labute approximate surface area is 110 Å². The van der Waals surface area contributed by atoms with Crippen LogP contribution in [0.3, 0.4) is 0 Å². The first-order valence-corrected chi connectivity index (χ1v) is 5.93. The molecule has 0 N–H and O–H groups in total. The molecule has 5 nitrogen and oxygen atoms in total. The van der Waals surface area contributed by atoms with Gasteiger partial charge < -0.3 is 14.0 Å². The fourth-order valence-corrected chi connectivity index (χ4v) is 1.97. The molecule has 19 heavy (non-hydrogen) atoms. The Hall–Kier alpha value is -2.30. The van der Waals surface area contributed by atoms with Gasteiger partial charge in [0.25, 0.3) is 5.78 Å². The molecule has 0 unspecified atom stereocenters. The predicted octanol–water partition coefficient (Wildman–Crippen LogP) is 1.93. The van der Waals surface area contributed by atoms with Gasteiger partial charge in [-0.15, -0.1) is 0 Å². The molecule has 0 saturated heterocycles. The summed E-state index contributed by atoms with van der Waals surface area (Å²) in [7, 11) is 3.32. The minimum Gasteiger partial charge on any atom is -0.497 e. The number of Topliss-reactive ketones (excluding diaryl/α,β-unsaturated/α-hetero) is 1. The van der Waals surface area contributed by atoms with Gasteiger partial charge in [-0.3, -0.25) is 4.79 Å². The second kappa shape index (κ2) is 5.14. The fourth-order valence-electron chi connectivity index (χ4n) is 1.97. The van der Waals surface area contributed by atoms with Crippen LogP contribution in [0.4, 0.5) is 0 Å². The molecule has 2 rings (SSSR count). The molecule has 0 radical (unpaired) electrons. The van der Waals surface area contributed by atoms with E-state index in [1.54, 1.807) is 37.8 Å². The third-order valence-electron chi connectivity index (χ3n) is 2.94. The van der Waals surface area contributed by atoms with E-state index in [1.165, 1.54) is 0 Å². The summed E-state index contributed by atoms with van der Waals surface area (Å²) in [6.45, 7) is 1.85. The van der Waals surface area contributed by atoms with Crippen molar-refractivity contribution in [1.82, 2.24) is 4.57 Å². The zero-order valence-corrected chi connectivity index (χ0v) is 11.1. The number of ether oxygens (including phenoxy) is 2. The molecule has 1 aromatic heterocycles. The first-order chi connectivity index (χ1) is 9.08. The lowest BCUT2D eigenvalue weighted by molar-refractivity contribution is -0.137. The van der Waals surface area contributed by atoms with Crippen molar-refractivity contribution in [3.8, 4) is 5.75 Å². The third-order valence-corrected chi connectivity index (χ3v) is 2.94. The van der Waals surface area contributed by atoms with Crippen molar-refractivity contribution in [2.75, 3.05) is 13.7 Å². The van der Waals surface area contributed by atoms with E-state index in [0.29, 0.717) is 11.4 Å². The molecule has 0 amide bonds. The van der Waals surface area contributed by atoms with Gasteiger partial charge in [-0.1, -0.05) is 0 Å². The molecule has 1 heterocycles. The second-order valence-electron chi connectivity index (χ2n) is 4.06. The largest absolute Gasteiger partial charge is 0.497 e. The summed E-state index contributed by atoms with van der Waals surface area (Å²) in [6, 6.07) is 7.13. The monoisotopic (exact) mass is 261 g/mol. The Morgan fingerprint density at radius 1 is 1.26 bits per heavy atom. The van der Waals surface area contributed by atoms with Crippen molar-refractivity contribution < 1.29 is 19.1 Å². The van der Waals surface area contributed by atoms with E-state index in [1.807, 2.05) is 12.1 Å². The summed E-state index contributed by atoms with van der Waals surface area (Å²) in [5.74, 6) is -0.770. The van der Waals surface area contributed by atoms with Crippen LogP contribution in [-0.2, 0) is 16.6 Å². The molecule has 0 aliphatic rings. The molecule has 0 atom stereocenters. The number of aryl methyl sites for hydroxylation is 1. The van der Waals surface area contributed by atoms with Gasteiger partial charge in [0.15, 0.2) is 0 Å². The quantitative estimate of drug-likeness (QED) is 0.479. The van der Waals surface area contributed by atoms with E-state index in [9.17, 15) is 9.59 Å². The number of carbonyl (C=O) groups is 2. The molecule has 100 valence electrons. The summed E-state index contributed by atoms with van der Waals surface area (Å²) in [5.41, 5.74) is 1.16. The van der Waals surface area contributed by atoms with Gasteiger partial charge in [0.2, 0.25) is 0 Å². The number of nitrogens with zero attached hydrogens (tertiary/aromatic N) is 1. The van der Waals surface area contributed by atoms with Crippen molar-refractivity contribution in [1.29, 1.82) is 0 Å². The number of hydrogen-bond acceptors (Lipinski definition) is 4. The number of benzene rings is 1. The highest BCUT2D eigenvalue weighted by atomic mass is 16.5. The Balaban J connectivity index is 2.47. The van der Waals surface area contributed by atoms with Crippen molar-refractivity contribution in [3.63, 3.8) is 0 Å². The number of fused-ring (bicyclic) bond motifs is 1. The highest BCUT2D eigenvalue weighted by Gasteiger charge is 2.21. The van der Waals surface area contributed by atoms with Crippen LogP contribution in [-0.4, -0.2) is 30.0 Å². The fraction of sp³-hybridized carbons (Fsp3) is 0.286. The first kappa shape index (κ1) is 13.1. The Morgan fingerprint density at radius 2 is 2.00 bits per heavy atom. The van der Waals surface area contributed by atoms with Gasteiger partial charge in [-0.05, 0) is 31.2 Å². The summed E-state index contributed by atoms with van der Waals surface area (Å²) in [5, 5.41) is 0.842. The number of methoxy groups -OCH3 is 1. The zero-order valence-electron chi connectivity index (χ0n) is 11.1. The van der Waals surface area contributed by atoms with Crippen molar-refractivity contribution in [2.45, 2.75) is 6.92 Å². The Bertz CT molecular complexity index is 642. The SMILES string of the molecule is CCOC(=O)C(=O)c1cc2cc(OC)ccc2n1C. The number of hydrogen-bond donors (Lipinski definition) is 0. The van der Waals surface area contributed by atoms with E-state index in [2.05, 4.69) is 0 Å². The highest BCUT2D eigenvalue weighted by Crippen LogP contribution is 2.24. The van der Waals surface area contributed by atoms with Crippen LogP contribution in [0.25, 0.3) is 10.9 Å². The Kier molecular flexibility index (Phi) is 3.55. The second-order valence-corrected chi connectivity index (χ2v) is 4.06. The normalized spacial score (nSPS) is 10.5. The molecule has 2 aromatic rings. The standard InChI is InChI=1S/C14H15NO4/c1-4-19-14(17)13(16)12-8-9-7-10(18-3)5-6-11(9)15(12)2/h5-8H,4H2,1-3H3. The molecule has 0 saturated carbocycles. The van der Waals surface area contributed by atoms with E-state index in [4.69, 9.17) is 9.47 Å². The van der Waals surface area contributed by atoms with Crippen LogP contribution in [0.1, 0.15) is 17.4 Å². The first-order valence-electron chi connectivity index (χ1n) is 5.93. The zero-order chi connectivity index (χ0) is 14.0. The third kappa shape index (κ3) is 2.31. The average Bonchev–Trinajstić information content (AvgIpc) is 2.74. The van der Waals surface area contributed by atoms with Crippen LogP contribution in [0, 0.1) is 0 Å². The summed E-state index contributed by atoms with van der Waals surface area (Å²) >= 11 is 0. The maximum atomic E-state index is 12.0. The molecule has 0 aliphatic carbocycles. The number of ketones is 1. The van der Waals surface area contributed by atoms with Crippen LogP contribution < -0.4 is 4.74 Å². The molecule has 0 fully saturated rings. The molecular weight excluding hydrogens is 246 g/mol. The molecule has 0 spiro atoms. The van der Waals surface area contributed by atoms with Gasteiger partial charge in [-0.2, -0.15) is 0 Å².